The molecule has 0 atom stereocenters. The Labute approximate surface area is 197 Å². The van der Waals surface area contributed by atoms with Crippen molar-refractivity contribution in [1.29, 1.82) is 0 Å². The Hall–Kier alpha value is -3.40. The SMILES string of the molecule is CC(=O)Oc1c(C=Nn2c(C3CCCCC3)nc3ccccc3c2=O)cc(Br)cc1[N+](=O)[O-]. The maximum atomic E-state index is 13.3. The van der Waals surface area contributed by atoms with Crippen LogP contribution in [0.2, 0.25) is 0 Å². The predicted octanol–water partition coefficient (Wildman–Crippen LogP) is 4.92. The lowest BCUT2D eigenvalue weighted by molar-refractivity contribution is -0.385. The third kappa shape index (κ3) is 4.85. The molecule has 0 radical (unpaired) electrons. The van der Waals surface area contributed by atoms with E-state index in [2.05, 4.69) is 21.0 Å². The predicted molar refractivity (Wildman–Crippen MR) is 127 cm³/mol. The number of halogens is 1. The summed E-state index contributed by atoms with van der Waals surface area (Å²) in [4.78, 5) is 40.6. The standard InChI is InChI=1S/C23H21BrN4O5/c1-14(29)33-21-16(11-17(24)12-20(21)28(31)32)13-25-27-22(15-7-3-2-4-8-15)26-19-10-6-5-9-18(19)23(27)30/h5-6,9-13,15H,2-4,7-8H2,1H3. The Bertz CT molecular complexity index is 1330. The molecule has 1 aromatic heterocycles. The zero-order valence-electron chi connectivity index (χ0n) is 17.9. The highest BCUT2D eigenvalue weighted by Gasteiger charge is 2.24. The maximum absolute atomic E-state index is 13.3. The molecule has 0 spiro atoms. The summed E-state index contributed by atoms with van der Waals surface area (Å²) < 4.78 is 6.80. The molecule has 0 N–H and O–H groups in total. The molecule has 33 heavy (non-hydrogen) atoms. The molecule has 1 aliphatic carbocycles. The molecule has 0 unspecified atom stereocenters. The fourth-order valence-electron chi connectivity index (χ4n) is 4.08. The van der Waals surface area contributed by atoms with Crippen molar-refractivity contribution >= 4 is 44.7 Å². The number of ether oxygens (including phenoxy) is 1. The summed E-state index contributed by atoms with van der Waals surface area (Å²) in [5.41, 5.74) is 0.0719. The first-order chi connectivity index (χ1) is 15.8. The number of carbonyl (C=O) groups excluding carboxylic acids is 1. The highest BCUT2D eigenvalue weighted by Crippen LogP contribution is 2.35. The molecule has 1 fully saturated rings. The summed E-state index contributed by atoms with van der Waals surface area (Å²) in [6, 6.07) is 9.86. The number of esters is 1. The molecule has 0 saturated heterocycles. The van der Waals surface area contributed by atoms with Gasteiger partial charge in [0.05, 0.1) is 22.0 Å². The second-order valence-electron chi connectivity index (χ2n) is 7.88. The molecule has 1 heterocycles. The number of aromatic nitrogens is 2. The Morgan fingerprint density at radius 3 is 2.70 bits per heavy atom. The molecule has 0 amide bonds. The first-order valence-corrected chi connectivity index (χ1v) is 11.4. The van der Waals surface area contributed by atoms with Crippen LogP contribution in [0.15, 0.2) is 50.8 Å². The second-order valence-corrected chi connectivity index (χ2v) is 8.79. The highest BCUT2D eigenvalue weighted by atomic mass is 79.9. The van der Waals surface area contributed by atoms with Gasteiger partial charge < -0.3 is 4.74 Å². The zero-order valence-corrected chi connectivity index (χ0v) is 19.4. The number of carbonyl (C=O) groups is 1. The van der Waals surface area contributed by atoms with Crippen molar-refractivity contribution in [3.05, 3.63) is 72.7 Å². The Kier molecular flexibility index (Phi) is 6.64. The minimum absolute atomic E-state index is 0.0815. The van der Waals surface area contributed by atoms with E-state index >= 15 is 0 Å². The maximum Gasteiger partial charge on any atom is 0.313 e. The Morgan fingerprint density at radius 2 is 2.00 bits per heavy atom. The van der Waals surface area contributed by atoms with Crippen LogP contribution in [0, 0.1) is 10.1 Å². The molecule has 10 heteroatoms. The summed E-state index contributed by atoms with van der Waals surface area (Å²) >= 11 is 3.24. The summed E-state index contributed by atoms with van der Waals surface area (Å²) in [6.07, 6.45) is 6.34. The van der Waals surface area contributed by atoms with Gasteiger partial charge in [0.15, 0.2) is 0 Å². The van der Waals surface area contributed by atoms with E-state index in [-0.39, 0.29) is 22.8 Å². The fraction of sp³-hybridized carbons (Fsp3) is 0.304. The van der Waals surface area contributed by atoms with Gasteiger partial charge >= 0.3 is 11.7 Å². The van der Waals surface area contributed by atoms with Crippen molar-refractivity contribution < 1.29 is 14.5 Å². The van der Waals surface area contributed by atoms with Crippen LogP contribution in [0.5, 0.6) is 5.75 Å². The van der Waals surface area contributed by atoms with E-state index in [0.717, 1.165) is 39.0 Å². The third-order valence-corrected chi connectivity index (χ3v) is 6.02. The lowest BCUT2D eigenvalue weighted by Gasteiger charge is -2.22. The number of hydrogen-bond acceptors (Lipinski definition) is 7. The number of hydrogen-bond donors (Lipinski definition) is 0. The quantitative estimate of drug-likeness (QED) is 0.157. The molecule has 170 valence electrons. The van der Waals surface area contributed by atoms with Gasteiger partial charge in [-0.2, -0.15) is 9.78 Å². The van der Waals surface area contributed by atoms with Gasteiger partial charge in [0.25, 0.3) is 5.56 Å². The van der Waals surface area contributed by atoms with Gasteiger partial charge in [0.1, 0.15) is 5.82 Å². The van der Waals surface area contributed by atoms with Crippen molar-refractivity contribution in [2.75, 3.05) is 0 Å². The molecular formula is C23H21BrN4O5. The van der Waals surface area contributed by atoms with Gasteiger partial charge in [-0.05, 0) is 31.0 Å². The number of nitro benzene ring substituents is 1. The van der Waals surface area contributed by atoms with Gasteiger partial charge in [-0.3, -0.25) is 19.7 Å². The van der Waals surface area contributed by atoms with Gasteiger partial charge in [0.2, 0.25) is 5.75 Å². The Morgan fingerprint density at radius 1 is 1.27 bits per heavy atom. The number of nitro groups is 1. The minimum atomic E-state index is -0.706. The molecule has 2 aromatic carbocycles. The monoisotopic (exact) mass is 512 g/mol. The smallest absolute Gasteiger partial charge is 0.313 e. The van der Waals surface area contributed by atoms with Crippen molar-refractivity contribution in [3.63, 3.8) is 0 Å². The van der Waals surface area contributed by atoms with Gasteiger partial charge in [-0.25, -0.2) is 4.98 Å². The first kappa shape index (κ1) is 22.8. The summed E-state index contributed by atoms with van der Waals surface area (Å²) in [5, 5.41) is 16.3. The molecular weight excluding hydrogens is 492 g/mol. The summed E-state index contributed by atoms with van der Waals surface area (Å²) in [5.74, 6) is -0.297. The highest BCUT2D eigenvalue weighted by molar-refractivity contribution is 9.10. The lowest BCUT2D eigenvalue weighted by Crippen LogP contribution is -2.25. The second kappa shape index (κ2) is 9.62. The Balaban J connectivity index is 1.89. The average Bonchev–Trinajstić information content (AvgIpc) is 2.79. The van der Waals surface area contributed by atoms with Crippen LogP contribution >= 0.6 is 15.9 Å². The van der Waals surface area contributed by atoms with Gasteiger partial charge in [0, 0.05) is 28.9 Å². The van der Waals surface area contributed by atoms with E-state index in [1.807, 2.05) is 6.07 Å². The fourth-order valence-corrected chi connectivity index (χ4v) is 4.55. The molecule has 9 nitrogen and oxygen atoms in total. The minimum Gasteiger partial charge on any atom is -0.419 e. The number of para-hydroxylation sites is 1. The van der Waals surface area contributed by atoms with Crippen LogP contribution in [0.4, 0.5) is 5.69 Å². The summed E-state index contributed by atoms with van der Waals surface area (Å²) in [7, 11) is 0. The van der Waals surface area contributed by atoms with Crippen molar-refractivity contribution in [2.24, 2.45) is 5.10 Å². The van der Waals surface area contributed by atoms with E-state index in [0.29, 0.717) is 21.2 Å². The number of fused-ring (bicyclic) bond motifs is 1. The lowest BCUT2D eigenvalue weighted by atomic mass is 9.88. The van der Waals surface area contributed by atoms with E-state index in [1.54, 1.807) is 18.2 Å². The van der Waals surface area contributed by atoms with E-state index in [1.165, 1.54) is 23.0 Å². The zero-order chi connectivity index (χ0) is 23.5. The average molecular weight is 513 g/mol. The van der Waals surface area contributed by atoms with E-state index < -0.39 is 16.6 Å². The number of rotatable bonds is 5. The van der Waals surface area contributed by atoms with Crippen LogP contribution in [-0.2, 0) is 4.79 Å². The first-order valence-electron chi connectivity index (χ1n) is 10.6. The van der Waals surface area contributed by atoms with Crippen LogP contribution in [-0.4, -0.2) is 26.8 Å². The van der Waals surface area contributed by atoms with E-state index in [4.69, 9.17) is 9.72 Å². The molecule has 4 rings (SSSR count). The van der Waals surface area contributed by atoms with E-state index in [9.17, 15) is 19.7 Å². The molecule has 1 aliphatic rings. The van der Waals surface area contributed by atoms with Gasteiger partial charge in [-0.1, -0.05) is 47.3 Å². The molecule has 0 aliphatic heterocycles. The van der Waals surface area contributed by atoms with Crippen LogP contribution in [0.25, 0.3) is 10.9 Å². The largest absolute Gasteiger partial charge is 0.419 e. The molecule has 0 bridgehead atoms. The summed E-state index contributed by atoms with van der Waals surface area (Å²) in [6.45, 7) is 1.16. The topological polar surface area (TPSA) is 117 Å². The molecule has 1 saturated carbocycles. The normalized spacial score (nSPS) is 14.6. The number of nitrogens with zero attached hydrogens (tertiary/aromatic N) is 4. The van der Waals surface area contributed by atoms with Crippen molar-refractivity contribution in [1.82, 2.24) is 9.66 Å². The third-order valence-electron chi connectivity index (χ3n) is 5.57. The van der Waals surface area contributed by atoms with Crippen LogP contribution in [0.1, 0.15) is 56.3 Å². The van der Waals surface area contributed by atoms with Gasteiger partial charge in [-0.15, -0.1) is 0 Å². The van der Waals surface area contributed by atoms with Crippen LogP contribution in [0.3, 0.4) is 0 Å². The molecule has 3 aromatic rings. The van der Waals surface area contributed by atoms with Crippen molar-refractivity contribution in [3.8, 4) is 5.75 Å². The van der Waals surface area contributed by atoms with Crippen LogP contribution < -0.4 is 10.3 Å². The van der Waals surface area contributed by atoms with Crippen molar-refractivity contribution in [2.45, 2.75) is 44.9 Å². The number of benzene rings is 2.